The molecule has 138 valence electrons. The average molecular weight is 373 g/mol. The molecule has 7 heteroatoms. The first kappa shape index (κ1) is 19.7. The molecule has 0 aliphatic heterocycles. The van der Waals surface area contributed by atoms with Gasteiger partial charge in [0, 0.05) is 17.6 Å². The van der Waals surface area contributed by atoms with E-state index in [1.54, 1.807) is 11.5 Å². The molecule has 1 aromatic carbocycles. The molecule has 0 aliphatic carbocycles. The highest BCUT2D eigenvalue weighted by Crippen LogP contribution is 2.16. The van der Waals surface area contributed by atoms with Crippen LogP contribution in [0.25, 0.3) is 0 Å². The van der Waals surface area contributed by atoms with Gasteiger partial charge in [-0.25, -0.2) is 9.78 Å². The minimum atomic E-state index is -0.627. The summed E-state index contributed by atoms with van der Waals surface area (Å²) in [6, 6.07) is 7.68. The van der Waals surface area contributed by atoms with Gasteiger partial charge in [0.05, 0.1) is 0 Å². The van der Waals surface area contributed by atoms with Gasteiger partial charge < -0.3 is 15.4 Å². The number of benzene rings is 1. The Morgan fingerprint density at radius 3 is 2.77 bits per heavy atom. The van der Waals surface area contributed by atoms with Gasteiger partial charge in [-0.05, 0) is 30.5 Å². The molecule has 2 rings (SSSR count). The number of aromatic nitrogens is 1. The van der Waals surface area contributed by atoms with Gasteiger partial charge in [0.1, 0.15) is 0 Å². The fraction of sp³-hybridized carbons (Fsp3) is 0.316. The maximum atomic E-state index is 11.9. The Labute approximate surface area is 157 Å². The zero-order valence-corrected chi connectivity index (χ0v) is 15.6. The lowest BCUT2D eigenvalue weighted by Gasteiger charge is -2.07. The number of hydrogen-bond donors (Lipinski definition) is 2. The smallest absolute Gasteiger partial charge is 0.358 e. The van der Waals surface area contributed by atoms with Gasteiger partial charge in [-0.15, -0.1) is 17.9 Å². The van der Waals surface area contributed by atoms with E-state index >= 15 is 0 Å². The van der Waals surface area contributed by atoms with E-state index in [2.05, 4.69) is 29.1 Å². The zero-order chi connectivity index (χ0) is 18.8. The van der Waals surface area contributed by atoms with Crippen LogP contribution in [-0.2, 0) is 16.0 Å². The number of thiazole rings is 1. The predicted molar refractivity (Wildman–Crippen MR) is 105 cm³/mol. The summed E-state index contributed by atoms with van der Waals surface area (Å²) in [5.41, 5.74) is 2.09. The summed E-state index contributed by atoms with van der Waals surface area (Å²) in [7, 11) is 0. The number of amides is 1. The van der Waals surface area contributed by atoms with E-state index in [4.69, 9.17) is 4.74 Å². The van der Waals surface area contributed by atoms with Gasteiger partial charge in [-0.1, -0.05) is 31.6 Å². The van der Waals surface area contributed by atoms with Crippen molar-refractivity contribution in [1.82, 2.24) is 4.98 Å². The maximum absolute atomic E-state index is 11.9. The summed E-state index contributed by atoms with van der Waals surface area (Å²) in [6.45, 7) is 5.95. The predicted octanol–water partition coefficient (Wildman–Crippen LogP) is 3.88. The van der Waals surface area contributed by atoms with Crippen LogP contribution in [0.1, 0.15) is 35.8 Å². The maximum Gasteiger partial charge on any atom is 0.358 e. The molecule has 0 fully saturated rings. The van der Waals surface area contributed by atoms with Crippen LogP contribution in [0.3, 0.4) is 0 Å². The molecular weight excluding hydrogens is 350 g/mol. The largest absolute Gasteiger partial charge is 0.451 e. The zero-order valence-electron chi connectivity index (χ0n) is 14.8. The number of ether oxygens (including phenoxy) is 1. The molecule has 0 saturated carbocycles. The summed E-state index contributed by atoms with van der Waals surface area (Å²) < 4.78 is 5.00. The van der Waals surface area contributed by atoms with Crippen LogP contribution in [0.4, 0.5) is 10.8 Å². The molecule has 6 nitrogen and oxygen atoms in total. The molecule has 0 saturated heterocycles. The normalized spacial score (nSPS) is 10.2. The van der Waals surface area contributed by atoms with Crippen LogP contribution in [0, 0.1) is 0 Å². The monoisotopic (exact) mass is 373 g/mol. The molecule has 0 unspecified atom stereocenters. The molecule has 2 aromatic rings. The van der Waals surface area contributed by atoms with Crippen molar-refractivity contribution in [2.24, 2.45) is 0 Å². The third-order valence-corrected chi connectivity index (χ3v) is 4.30. The van der Waals surface area contributed by atoms with Crippen molar-refractivity contribution < 1.29 is 14.3 Å². The Hall–Kier alpha value is -2.67. The molecule has 1 amide bonds. The molecule has 1 aromatic heterocycles. The fourth-order valence-corrected chi connectivity index (χ4v) is 2.84. The Morgan fingerprint density at radius 1 is 1.31 bits per heavy atom. The highest BCUT2D eigenvalue weighted by molar-refractivity contribution is 7.13. The van der Waals surface area contributed by atoms with E-state index in [1.807, 2.05) is 24.3 Å². The molecule has 1 heterocycles. The van der Waals surface area contributed by atoms with Crippen LogP contribution in [0.15, 0.2) is 42.3 Å². The molecule has 0 bridgehead atoms. The van der Waals surface area contributed by atoms with E-state index in [0.29, 0.717) is 17.4 Å². The number of aryl methyl sites for hydroxylation is 1. The van der Waals surface area contributed by atoms with E-state index in [1.165, 1.54) is 16.9 Å². The van der Waals surface area contributed by atoms with Crippen molar-refractivity contribution in [3.63, 3.8) is 0 Å². The van der Waals surface area contributed by atoms with Crippen molar-refractivity contribution in [3.05, 3.63) is 53.6 Å². The number of carbonyl (C=O) groups is 2. The summed E-state index contributed by atoms with van der Waals surface area (Å²) in [6.07, 6.45) is 5.01. The highest BCUT2D eigenvalue weighted by Gasteiger charge is 2.14. The van der Waals surface area contributed by atoms with Gasteiger partial charge in [0.15, 0.2) is 17.4 Å². The second kappa shape index (κ2) is 10.4. The van der Waals surface area contributed by atoms with Crippen LogP contribution < -0.4 is 10.6 Å². The number of unbranched alkanes of at least 4 members (excludes halogenated alkanes) is 1. The van der Waals surface area contributed by atoms with Crippen molar-refractivity contribution >= 4 is 34.0 Å². The Morgan fingerprint density at radius 2 is 2.08 bits per heavy atom. The first-order valence-electron chi connectivity index (χ1n) is 8.48. The summed E-state index contributed by atoms with van der Waals surface area (Å²) in [4.78, 5) is 27.9. The first-order chi connectivity index (χ1) is 12.6. The van der Waals surface area contributed by atoms with Crippen LogP contribution in [-0.4, -0.2) is 30.0 Å². The fourth-order valence-electron chi connectivity index (χ4n) is 2.15. The van der Waals surface area contributed by atoms with Gasteiger partial charge >= 0.3 is 5.97 Å². The second-order valence-corrected chi connectivity index (χ2v) is 6.49. The number of carbonyl (C=O) groups excluding carboxylic acids is 2. The van der Waals surface area contributed by atoms with E-state index in [-0.39, 0.29) is 18.2 Å². The molecule has 0 atom stereocenters. The number of nitrogens with zero attached hydrogens (tertiary/aromatic N) is 1. The minimum absolute atomic E-state index is 0.176. The number of anilines is 2. The van der Waals surface area contributed by atoms with Crippen molar-refractivity contribution in [3.8, 4) is 0 Å². The van der Waals surface area contributed by atoms with E-state index in [0.717, 1.165) is 19.3 Å². The molecule has 0 spiro atoms. The van der Waals surface area contributed by atoms with Crippen LogP contribution >= 0.6 is 11.3 Å². The molecule has 2 N–H and O–H groups in total. The lowest BCUT2D eigenvalue weighted by Crippen LogP contribution is -2.21. The first-order valence-corrected chi connectivity index (χ1v) is 9.36. The SMILES string of the molecule is C=CCNc1nc(C(=O)OCC(=O)Nc2ccc(CCCC)cc2)cs1. The van der Waals surface area contributed by atoms with Gasteiger partial charge in [-0.2, -0.15) is 0 Å². The topological polar surface area (TPSA) is 80.3 Å². The third-order valence-electron chi connectivity index (χ3n) is 3.50. The molecule has 0 radical (unpaired) electrons. The number of hydrogen-bond acceptors (Lipinski definition) is 6. The second-order valence-electron chi connectivity index (χ2n) is 5.63. The number of nitrogens with one attached hydrogen (secondary N) is 2. The Balaban J connectivity index is 1.78. The Kier molecular flexibility index (Phi) is 7.82. The summed E-state index contributed by atoms with van der Waals surface area (Å²) >= 11 is 1.29. The minimum Gasteiger partial charge on any atom is -0.451 e. The van der Waals surface area contributed by atoms with Gasteiger partial charge in [0.25, 0.3) is 5.91 Å². The van der Waals surface area contributed by atoms with E-state index < -0.39 is 5.97 Å². The third kappa shape index (κ3) is 6.33. The molecule has 0 aliphatic rings. The molecule has 26 heavy (non-hydrogen) atoms. The van der Waals surface area contributed by atoms with E-state index in [9.17, 15) is 9.59 Å². The lowest BCUT2D eigenvalue weighted by atomic mass is 10.1. The number of esters is 1. The van der Waals surface area contributed by atoms with Crippen LogP contribution in [0.5, 0.6) is 0 Å². The number of rotatable bonds is 10. The highest BCUT2D eigenvalue weighted by atomic mass is 32.1. The summed E-state index contributed by atoms with van der Waals surface area (Å²) in [5, 5.41) is 7.88. The van der Waals surface area contributed by atoms with Crippen molar-refractivity contribution in [1.29, 1.82) is 0 Å². The van der Waals surface area contributed by atoms with Crippen molar-refractivity contribution in [2.75, 3.05) is 23.8 Å². The van der Waals surface area contributed by atoms with Gasteiger partial charge in [-0.3, -0.25) is 4.79 Å². The van der Waals surface area contributed by atoms with Crippen molar-refractivity contribution in [2.45, 2.75) is 26.2 Å². The molecular formula is C19H23N3O3S. The lowest BCUT2D eigenvalue weighted by molar-refractivity contribution is -0.119. The van der Waals surface area contributed by atoms with Gasteiger partial charge in [0.2, 0.25) is 0 Å². The quantitative estimate of drug-likeness (QED) is 0.488. The Bertz CT molecular complexity index is 741. The standard InChI is InChI=1S/C19H23N3O3S/c1-3-5-6-14-7-9-15(10-8-14)21-17(23)12-25-18(24)16-13-26-19(22-16)20-11-4-2/h4,7-10,13H,2-3,5-6,11-12H2,1H3,(H,20,22)(H,21,23). The van der Waals surface area contributed by atoms with Crippen LogP contribution in [0.2, 0.25) is 0 Å². The summed E-state index contributed by atoms with van der Waals surface area (Å²) in [5.74, 6) is -1.02. The average Bonchev–Trinajstić information content (AvgIpc) is 3.13.